The van der Waals surface area contributed by atoms with Crippen molar-refractivity contribution in [2.75, 3.05) is 13.2 Å². The van der Waals surface area contributed by atoms with E-state index in [1.165, 1.54) is 0 Å². The highest BCUT2D eigenvalue weighted by atomic mass is 79.9. The van der Waals surface area contributed by atoms with Gasteiger partial charge in [0.1, 0.15) is 5.75 Å². The Labute approximate surface area is 122 Å². The van der Waals surface area contributed by atoms with Gasteiger partial charge in [-0.25, -0.2) is 0 Å². The molecule has 0 spiro atoms. The SMILES string of the molecule is CCCC(Br)CNC(=O)C1CCOc2ccccc21. The Bertz CT molecular complexity index is 436. The Balaban J connectivity index is 1.97. The van der Waals surface area contributed by atoms with Crippen molar-refractivity contribution in [1.82, 2.24) is 5.32 Å². The molecular weight excluding hydrogens is 306 g/mol. The largest absolute Gasteiger partial charge is 0.493 e. The maximum atomic E-state index is 12.3. The molecule has 1 aliphatic rings. The fraction of sp³-hybridized carbons (Fsp3) is 0.533. The van der Waals surface area contributed by atoms with E-state index in [1.54, 1.807) is 0 Å². The van der Waals surface area contributed by atoms with Gasteiger partial charge in [-0.1, -0.05) is 47.5 Å². The number of ether oxygens (including phenoxy) is 1. The third kappa shape index (κ3) is 3.72. The van der Waals surface area contributed by atoms with Crippen LogP contribution in [0.1, 0.15) is 37.7 Å². The molecule has 1 aliphatic heterocycles. The highest BCUT2D eigenvalue weighted by Crippen LogP contribution is 2.33. The Hall–Kier alpha value is -1.03. The first-order chi connectivity index (χ1) is 9.22. The second-order valence-corrected chi connectivity index (χ2v) is 6.15. The molecule has 0 aliphatic carbocycles. The Morgan fingerprint density at radius 2 is 2.32 bits per heavy atom. The van der Waals surface area contributed by atoms with Crippen LogP contribution in [0.5, 0.6) is 5.75 Å². The number of amides is 1. The van der Waals surface area contributed by atoms with Crippen molar-refractivity contribution < 1.29 is 9.53 Å². The summed E-state index contributed by atoms with van der Waals surface area (Å²) in [5, 5.41) is 3.04. The zero-order valence-corrected chi connectivity index (χ0v) is 12.8. The number of fused-ring (bicyclic) bond motifs is 1. The van der Waals surface area contributed by atoms with Crippen LogP contribution in [0.2, 0.25) is 0 Å². The number of rotatable bonds is 5. The molecule has 1 heterocycles. The fourth-order valence-electron chi connectivity index (χ4n) is 2.36. The van der Waals surface area contributed by atoms with Crippen LogP contribution >= 0.6 is 15.9 Å². The molecule has 0 saturated carbocycles. The lowest BCUT2D eigenvalue weighted by Gasteiger charge is -2.25. The molecule has 19 heavy (non-hydrogen) atoms. The monoisotopic (exact) mass is 325 g/mol. The van der Waals surface area contributed by atoms with Gasteiger partial charge in [-0.2, -0.15) is 0 Å². The summed E-state index contributed by atoms with van der Waals surface area (Å²) in [6.45, 7) is 3.44. The van der Waals surface area contributed by atoms with Crippen molar-refractivity contribution in [3.8, 4) is 5.75 Å². The van der Waals surface area contributed by atoms with Crippen molar-refractivity contribution in [1.29, 1.82) is 0 Å². The van der Waals surface area contributed by atoms with Crippen molar-refractivity contribution in [2.24, 2.45) is 0 Å². The molecule has 3 nitrogen and oxygen atoms in total. The quantitative estimate of drug-likeness (QED) is 0.844. The van der Waals surface area contributed by atoms with Gasteiger partial charge in [0.15, 0.2) is 0 Å². The van der Waals surface area contributed by atoms with E-state index in [9.17, 15) is 4.79 Å². The van der Waals surface area contributed by atoms with Crippen LogP contribution in [-0.2, 0) is 4.79 Å². The summed E-state index contributed by atoms with van der Waals surface area (Å²) in [6, 6.07) is 7.81. The zero-order valence-electron chi connectivity index (χ0n) is 11.2. The summed E-state index contributed by atoms with van der Waals surface area (Å²) in [6.07, 6.45) is 2.94. The third-order valence-electron chi connectivity index (χ3n) is 3.37. The number of para-hydroxylation sites is 1. The minimum absolute atomic E-state index is 0.0775. The molecule has 0 saturated heterocycles. The molecule has 1 aromatic carbocycles. The molecule has 2 rings (SSSR count). The summed E-state index contributed by atoms with van der Waals surface area (Å²) in [7, 11) is 0. The number of carbonyl (C=O) groups excluding carboxylic acids is 1. The van der Waals surface area contributed by atoms with E-state index < -0.39 is 0 Å². The van der Waals surface area contributed by atoms with E-state index >= 15 is 0 Å². The number of alkyl halides is 1. The fourth-order valence-corrected chi connectivity index (χ4v) is 2.98. The van der Waals surface area contributed by atoms with Gasteiger partial charge < -0.3 is 10.1 Å². The molecular formula is C15H20BrNO2. The zero-order chi connectivity index (χ0) is 13.7. The lowest BCUT2D eigenvalue weighted by Crippen LogP contribution is -2.35. The lowest BCUT2D eigenvalue weighted by molar-refractivity contribution is -0.123. The van der Waals surface area contributed by atoms with Crippen LogP contribution in [0.4, 0.5) is 0 Å². The molecule has 1 amide bonds. The van der Waals surface area contributed by atoms with Crippen molar-refractivity contribution in [3.05, 3.63) is 29.8 Å². The van der Waals surface area contributed by atoms with Crippen molar-refractivity contribution in [2.45, 2.75) is 36.9 Å². The van der Waals surface area contributed by atoms with Crippen LogP contribution in [0.15, 0.2) is 24.3 Å². The first-order valence-electron chi connectivity index (χ1n) is 6.86. The lowest BCUT2D eigenvalue weighted by atomic mass is 9.92. The van der Waals surface area contributed by atoms with E-state index in [1.807, 2.05) is 24.3 Å². The molecule has 0 bridgehead atoms. The molecule has 1 N–H and O–H groups in total. The molecule has 2 atom stereocenters. The number of halogens is 1. The predicted octanol–water partition coefficient (Wildman–Crippen LogP) is 3.23. The second-order valence-electron chi connectivity index (χ2n) is 4.86. The number of hydrogen-bond acceptors (Lipinski definition) is 2. The summed E-state index contributed by atoms with van der Waals surface area (Å²) < 4.78 is 5.58. The third-order valence-corrected chi connectivity index (χ3v) is 4.16. The number of nitrogens with one attached hydrogen (secondary N) is 1. The molecule has 1 aromatic rings. The summed E-state index contributed by atoms with van der Waals surface area (Å²) >= 11 is 3.58. The first-order valence-corrected chi connectivity index (χ1v) is 7.77. The van der Waals surface area contributed by atoms with Gasteiger partial charge in [-0.3, -0.25) is 4.79 Å². The highest BCUT2D eigenvalue weighted by Gasteiger charge is 2.27. The van der Waals surface area contributed by atoms with Crippen molar-refractivity contribution in [3.63, 3.8) is 0 Å². The van der Waals surface area contributed by atoms with Gasteiger partial charge in [-0.15, -0.1) is 0 Å². The van der Waals surface area contributed by atoms with Gasteiger partial charge in [0.25, 0.3) is 0 Å². The molecule has 0 fully saturated rings. The first kappa shape index (κ1) is 14.4. The molecule has 0 radical (unpaired) electrons. The molecule has 4 heteroatoms. The van der Waals surface area contributed by atoms with Gasteiger partial charge in [0.05, 0.1) is 12.5 Å². The summed E-state index contributed by atoms with van der Waals surface area (Å²) in [5.41, 5.74) is 1.01. The van der Waals surface area contributed by atoms with E-state index in [4.69, 9.17) is 4.74 Å². The van der Waals surface area contributed by atoms with Crippen molar-refractivity contribution >= 4 is 21.8 Å². The van der Waals surface area contributed by atoms with Gasteiger partial charge in [0.2, 0.25) is 5.91 Å². The second kappa shape index (κ2) is 6.94. The van der Waals surface area contributed by atoms with E-state index in [2.05, 4.69) is 28.2 Å². The van der Waals surface area contributed by atoms with E-state index in [-0.39, 0.29) is 11.8 Å². The summed E-state index contributed by atoms with van der Waals surface area (Å²) in [5.74, 6) is 0.875. The normalized spacial score (nSPS) is 19.2. The van der Waals surface area contributed by atoms with Gasteiger partial charge in [0, 0.05) is 16.9 Å². The highest BCUT2D eigenvalue weighted by molar-refractivity contribution is 9.09. The number of benzene rings is 1. The topological polar surface area (TPSA) is 38.3 Å². The van der Waals surface area contributed by atoms with Crippen LogP contribution in [0.25, 0.3) is 0 Å². The molecule has 2 unspecified atom stereocenters. The Morgan fingerprint density at radius 1 is 1.53 bits per heavy atom. The minimum Gasteiger partial charge on any atom is -0.493 e. The van der Waals surface area contributed by atoms with Crippen LogP contribution in [-0.4, -0.2) is 23.9 Å². The van der Waals surface area contributed by atoms with Crippen LogP contribution < -0.4 is 10.1 Å². The van der Waals surface area contributed by atoms with Gasteiger partial charge in [-0.05, 0) is 18.9 Å². The predicted molar refractivity (Wildman–Crippen MR) is 79.9 cm³/mol. The summed E-state index contributed by atoms with van der Waals surface area (Å²) in [4.78, 5) is 12.6. The Morgan fingerprint density at radius 3 is 3.11 bits per heavy atom. The average Bonchev–Trinajstić information content (AvgIpc) is 2.44. The molecule has 104 valence electrons. The Kier molecular flexibility index (Phi) is 5.25. The minimum atomic E-state index is -0.0775. The van der Waals surface area contributed by atoms with Crippen LogP contribution in [0, 0.1) is 0 Å². The van der Waals surface area contributed by atoms with E-state index in [0.29, 0.717) is 18.0 Å². The smallest absolute Gasteiger partial charge is 0.227 e. The average molecular weight is 326 g/mol. The van der Waals surface area contributed by atoms with Crippen LogP contribution in [0.3, 0.4) is 0 Å². The maximum absolute atomic E-state index is 12.3. The number of hydrogen-bond donors (Lipinski definition) is 1. The maximum Gasteiger partial charge on any atom is 0.227 e. The van der Waals surface area contributed by atoms with E-state index in [0.717, 1.165) is 30.6 Å². The van der Waals surface area contributed by atoms with Gasteiger partial charge >= 0.3 is 0 Å². The molecule has 0 aromatic heterocycles. The standard InChI is InChI=1S/C15H20BrNO2/c1-2-5-11(16)10-17-15(18)13-8-9-19-14-7-4-3-6-12(13)14/h3-4,6-7,11,13H,2,5,8-10H2,1H3,(H,17,18). The number of carbonyl (C=O) groups is 1.